The number of rotatable bonds is 8. The fourth-order valence-electron chi connectivity index (χ4n) is 3.98. The molecule has 0 aliphatic heterocycles. The van der Waals surface area contributed by atoms with E-state index >= 15 is 0 Å². The van der Waals surface area contributed by atoms with Crippen molar-refractivity contribution in [1.82, 2.24) is 0 Å². The Bertz CT molecular complexity index is 1180. The van der Waals surface area contributed by atoms with E-state index in [0.717, 1.165) is 11.1 Å². The molecular formula is C29H24O4. The van der Waals surface area contributed by atoms with E-state index in [-0.39, 0.29) is 11.6 Å². The first kappa shape index (κ1) is 22.0. The van der Waals surface area contributed by atoms with E-state index in [4.69, 9.17) is 9.47 Å². The van der Waals surface area contributed by atoms with Gasteiger partial charge in [0, 0.05) is 17.5 Å². The van der Waals surface area contributed by atoms with Crippen molar-refractivity contribution >= 4 is 11.6 Å². The maximum Gasteiger partial charge on any atom is 0.196 e. The zero-order valence-electron chi connectivity index (χ0n) is 18.6. The van der Waals surface area contributed by atoms with E-state index in [1.807, 2.05) is 60.7 Å². The summed E-state index contributed by atoms with van der Waals surface area (Å²) in [7, 11) is 3.13. The van der Waals surface area contributed by atoms with Crippen LogP contribution in [0.2, 0.25) is 0 Å². The van der Waals surface area contributed by atoms with E-state index in [2.05, 4.69) is 0 Å². The van der Waals surface area contributed by atoms with Crippen LogP contribution in [-0.4, -0.2) is 25.8 Å². The molecule has 0 fully saturated rings. The van der Waals surface area contributed by atoms with Crippen molar-refractivity contribution in [1.29, 1.82) is 0 Å². The van der Waals surface area contributed by atoms with Crippen LogP contribution >= 0.6 is 0 Å². The first-order valence-corrected chi connectivity index (χ1v) is 10.6. The topological polar surface area (TPSA) is 52.6 Å². The van der Waals surface area contributed by atoms with Crippen LogP contribution in [0.3, 0.4) is 0 Å². The molecule has 0 radical (unpaired) electrons. The van der Waals surface area contributed by atoms with E-state index in [1.165, 1.54) is 0 Å². The molecular weight excluding hydrogens is 412 g/mol. The number of carbonyl (C=O) groups excluding carboxylic acids is 2. The Morgan fingerprint density at radius 2 is 0.939 bits per heavy atom. The summed E-state index contributed by atoms with van der Waals surface area (Å²) in [6.45, 7) is 0. The number of methoxy groups -OCH3 is 2. The van der Waals surface area contributed by atoms with Gasteiger partial charge in [-0.05, 0) is 23.3 Å². The van der Waals surface area contributed by atoms with Crippen molar-refractivity contribution in [3.63, 3.8) is 0 Å². The number of ketones is 2. The maximum absolute atomic E-state index is 13.1. The number of ether oxygens (including phenoxy) is 2. The number of para-hydroxylation sites is 2. The Kier molecular flexibility index (Phi) is 6.65. The average molecular weight is 437 g/mol. The highest BCUT2D eigenvalue weighted by atomic mass is 16.5. The van der Waals surface area contributed by atoms with Crippen LogP contribution < -0.4 is 9.47 Å². The quantitative estimate of drug-likeness (QED) is 0.330. The Morgan fingerprint density at radius 1 is 0.545 bits per heavy atom. The SMILES string of the molecule is COc1c(Cc2cccc(C(=O)c3ccccc3)c2OC)cccc1C(=O)c1ccccc1. The summed E-state index contributed by atoms with van der Waals surface area (Å²) in [5.41, 5.74) is 3.86. The lowest BCUT2D eigenvalue weighted by Crippen LogP contribution is -2.08. The van der Waals surface area contributed by atoms with Crippen LogP contribution in [0.4, 0.5) is 0 Å². The molecule has 0 saturated heterocycles. The molecule has 0 saturated carbocycles. The van der Waals surface area contributed by atoms with Gasteiger partial charge < -0.3 is 9.47 Å². The Hall–Kier alpha value is -4.18. The van der Waals surface area contributed by atoms with Gasteiger partial charge in [-0.3, -0.25) is 9.59 Å². The molecule has 0 spiro atoms. The minimum atomic E-state index is -0.103. The summed E-state index contributed by atoms with van der Waals surface area (Å²) in [4.78, 5) is 26.2. The van der Waals surface area contributed by atoms with Crippen molar-refractivity contribution in [2.75, 3.05) is 14.2 Å². The van der Waals surface area contributed by atoms with Crippen molar-refractivity contribution in [3.05, 3.63) is 130 Å². The summed E-state index contributed by atoms with van der Waals surface area (Å²) in [5, 5.41) is 0. The fourth-order valence-corrected chi connectivity index (χ4v) is 3.98. The summed E-state index contributed by atoms with van der Waals surface area (Å²) in [6, 6.07) is 29.3. The largest absolute Gasteiger partial charge is 0.496 e. The Labute approximate surface area is 193 Å². The lowest BCUT2D eigenvalue weighted by Gasteiger charge is -2.16. The van der Waals surface area contributed by atoms with Crippen LogP contribution in [-0.2, 0) is 6.42 Å². The fraction of sp³-hybridized carbons (Fsp3) is 0.103. The molecule has 4 nitrogen and oxygen atoms in total. The van der Waals surface area contributed by atoms with Crippen molar-refractivity contribution < 1.29 is 19.1 Å². The molecule has 164 valence electrons. The van der Waals surface area contributed by atoms with E-state index in [0.29, 0.717) is 40.2 Å². The molecule has 0 atom stereocenters. The maximum atomic E-state index is 13.1. The predicted molar refractivity (Wildman–Crippen MR) is 129 cm³/mol. The van der Waals surface area contributed by atoms with Gasteiger partial charge in [0.1, 0.15) is 11.5 Å². The van der Waals surface area contributed by atoms with Gasteiger partial charge in [-0.1, -0.05) is 84.9 Å². The Balaban J connectivity index is 1.73. The molecule has 0 bridgehead atoms. The molecule has 33 heavy (non-hydrogen) atoms. The molecule has 4 aromatic carbocycles. The molecule has 0 heterocycles. The lowest BCUT2D eigenvalue weighted by atomic mass is 9.94. The number of hydrogen-bond acceptors (Lipinski definition) is 4. The zero-order chi connectivity index (χ0) is 23.2. The van der Waals surface area contributed by atoms with Gasteiger partial charge in [-0.25, -0.2) is 0 Å². The molecule has 0 aromatic heterocycles. The van der Waals surface area contributed by atoms with Gasteiger partial charge in [0.05, 0.1) is 25.3 Å². The number of hydrogen-bond donors (Lipinski definition) is 0. The van der Waals surface area contributed by atoms with Crippen LogP contribution in [0.5, 0.6) is 11.5 Å². The molecule has 0 unspecified atom stereocenters. The second-order valence-corrected chi connectivity index (χ2v) is 7.56. The van der Waals surface area contributed by atoms with E-state index in [9.17, 15) is 9.59 Å². The number of carbonyl (C=O) groups is 2. The Morgan fingerprint density at radius 3 is 1.30 bits per heavy atom. The predicted octanol–water partition coefficient (Wildman–Crippen LogP) is 5.76. The van der Waals surface area contributed by atoms with Crippen molar-refractivity contribution in [2.24, 2.45) is 0 Å². The highest BCUT2D eigenvalue weighted by molar-refractivity contribution is 6.11. The van der Waals surface area contributed by atoms with Crippen molar-refractivity contribution in [3.8, 4) is 11.5 Å². The standard InChI is InChI=1S/C29H24O4/c1-32-28-22(15-9-17-24(28)26(30)20-11-5-3-6-12-20)19-23-16-10-18-25(29(23)33-2)27(31)21-13-7-4-8-14-21/h3-18H,19H2,1-2H3. The minimum absolute atomic E-state index is 0.103. The first-order valence-electron chi connectivity index (χ1n) is 10.6. The second-order valence-electron chi connectivity index (χ2n) is 7.56. The van der Waals surface area contributed by atoms with Crippen LogP contribution in [0.15, 0.2) is 97.1 Å². The van der Waals surface area contributed by atoms with Gasteiger partial charge in [0.2, 0.25) is 0 Å². The highest BCUT2D eigenvalue weighted by Crippen LogP contribution is 2.33. The average Bonchev–Trinajstić information content (AvgIpc) is 2.88. The van der Waals surface area contributed by atoms with Crippen LogP contribution in [0.1, 0.15) is 43.0 Å². The molecule has 0 aliphatic carbocycles. The minimum Gasteiger partial charge on any atom is -0.496 e. The molecule has 4 heteroatoms. The molecule has 0 N–H and O–H groups in total. The van der Waals surface area contributed by atoms with Gasteiger partial charge in [-0.15, -0.1) is 0 Å². The normalized spacial score (nSPS) is 10.5. The summed E-state index contributed by atoms with van der Waals surface area (Å²) in [6.07, 6.45) is 0.443. The van der Waals surface area contributed by atoms with Gasteiger partial charge in [0.15, 0.2) is 11.6 Å². The second kappa shape index (κ2) is 9.96. The van der Waals surface area contributed by atoms with Crippen LogP contribution in [0.25, 0.3) is 0 Å². The first-order chi connectivity index (χ1) is 16.1. The van der Waals surface area contributed by atoms with Gasteiger partial charge >= 0.3 is 0 Å². The third-order valence-electron chi connectivity index (χ3n) is 5.54. The molecule has 0 aliphatic rings. The molecule has 4 aromatic rings. The summed E-state index contributed by atoms with van der Waals surface area (Å²) in [5.74, 6) is 0.838. The van der Waals surface area contributed by atoms with Crippen LogP contribution in [0, 0.1) is 0 Å². The third-order valence-corrected chi connectivity index (χ3v) is 5.54. The molecule has 4 rings (SSSR count). The zero-order valence-corrected chi connectivity index (χ0v) is 18.6. The van der Waals surface area contributed by atoms with E-state index < -0.39 is 0 Å². The highest BCUT2D eigenvalue weighted by Gasteiger charge is 2.21. The summed E-state index contributed by atoms with van der Waals surface area (Å²) < 4.78 is 11.4. The monoisotopic (exact) mass is 436 g/mol. The number of benzene rings is 4. The van der Waals surface area contributed by atoms with Gasteiger partial charge in [0.25, 0.3) is 0 Å². The lowest BCUT2D eigenvalue weighted by molar-refractivity contribution is 0.102. The smallest absolute Gasteiger partial charge is 0.196 e. The molecule has 0 amide bonds. The summed E-state index contributed by atoms with van der Waals surface area (Å²) >= 11 is 0. The third kappa shape index (κ3) is 4.55. The van der Waals surface area contributed by atoms with Crippen molar-refractivity contribution in [2.45, 2.75) is 6.42 Å². The van der Waals surface area contributed by atoms with E-state index in [1.54, 1.807) is 50.6 Å². The van der Waals surface area contributed by atoms with Gasteiger partial charge in [-0.2, -0.15) is 0 Å².